The molecule has 1 saturated carbocycles. The number of nitrogens with zero attached hydrogens (tertiary/aromatic N) is 9. The molecule has 5 fully saturated rings. The maximum Gasteiger partial charge on any atom is 0.281 e. The molecule has 0 unspecified atom stereocenters. The first-order chi connectivity index (χ1) is 35.8. The molecule has 0 radical (unpaired) electrons. The second kappa shape index (κ2) is 31.7. The number of H-pyrrole nitrogens is 1. The quantitative estimate of drug-likeness (QED) is 0.127. The largest absolute Gasteiger partial charge is 0.428 e. The van der Waals surface area contributed by atoms with Gasteiger partial charge in [-0.2, -0.15) is 22.1 Å². The zero-order valence-corrected chi connectivity index (χ0v) is 49.0. The minimum atomic E-state index is -3.31. The van der Waals surface area contributed by atoms with E-state index >= 15 is 0 Å². The molecule has 0 spiro atoms. The maximum absolute atomic E-state index is 11.6. The average Bonchev–Trinajstić information content (AvgIpc) is 3.70. The maximum atomic E-state index is 11.6. The van der Waals surface area contributed by atoms with Crippen molar-refractivity contribution < 1.29 is 56.6 Å². The van der Waals surface area contributed by atoms with Crippen molar-refractivity contribution in [3.8, 4) is 0 Å². The van der Waals surface area contributed by atoms with Gasteiger partial charge in [-0.1, -0.05) is 83.1 Å². The van der Waals surface area contributed by atoms with E-state index in [4.69, 9.17) is 14.6 Å². The highest BCUT2D eigenvalue weighted by Crippen LogP contribution is 2.32. The molecule has 7 amide bonds. The van der Waals surface area contributed by atoms with Crippen molar-refractivity contribution in [2.45, 2.75) is 158 Å². The summed E-state index contributed by atoms with van der Waals surface area (Å²) in [5.74, 6) is 2.42. The molecule has 1 aliphatic carbocycles. The number of aromatic amines is 1. The molecule has 77 heavy (non-hydrogen) atoms. The molecule has 7 rings (SSSR count). The van der Waals surface area contributed by atoms with E-state index in [1.807, 2.05) is 74.1 Å². The summed E-state index contributed by atoms with van der Waals surface area (Å²) in [5.41, 5.74) is 0. The SMILES string of the molecule is CC(C)C(=O)NC1CN(C(=O)C2CC2)C1.CC(C)C(=O)NC1CN(C(=O)[C@@H](C)O)C1.CC(C)C(=O)NC1CN(C(=O)[C@H](C)O)C1.CC(C)C(=O)NC1CN(S(=O)(=O)N(C)C)C1.CC(C)c1ncn[nH]1.CC(C)c1nnco1. The van der Waals surface area contributed by atoms with E-state index in [1.54, 1.807) is 0 Å². The third-order valence-corrected chi connectivity index (χ3v) is 14.1. The molecule has 4 saturated heterocycles. The Hall–Kier alpha value is -5.64. The molecule has 6 heterocycles. The third kappa shape index (κ3) is 23.1. The summed E-state index contributed by atoms with van der Waals surface area (Å²) in [6.07, 6.45) is 3.07. The normalized spacial score (nSPS) is 17.5. The zero-order valence-electron chi connectivity index (χ0n) is 48.1. The van der Waals surface area contributed by atoms with Crippen LogP contribution < -0.4 is 21.3 Å². The van der Waals surface area contributed by atoms with Gasteiger partial charge in [0.1, 0.15) is 24.4 Å². The van der Waals surface area contributed by atoms with Crippen molar-refractivity contribution in [3.05, 3.63) is 24.4 Å². The Kier molecular flexibility index (Phi) is 27.8. The Bertz CT molecular complexity index is 2090. The van der Waals surface area contributed by atoms with E-state index in [1.165, 1.54) is 59.1 Å². The number of aliphatic hydroxyl groups is 2. The molecular weight excluding hydrogens is 1020 g/mol. The number of hydrogen-bond donors (Lipinski definition) is 7. The summed E-state index contributed by atoms with van der Waals surface area (Å²) in [4.78, 5) is 88.2. The average molecular weight is 1110 g/mol. The third-order valence-electron chi connectivity index (χ3n) is 12.2. The van der Waals surface area contributed by atoms with Crippen LogP contribution in [0.15, 0.2) is 17.1 Å². The van der Waals surface area contributed by atoms with Crippen LogP contribution in [0.2, 0.25) is 0 Å². The minimum Gasteiger partial charge on any atom is -0.428 e. The van der Waals surface area contributed by atoms with E-state index in [0.717, 1.165) is 18.7 Å². The zero-order chi connectivity index (χ0) is 58.6. The summed E-state index contributed by atoms with van der Waals surface area (Å²) < 4.78 is 30.6. The second-order valence-electron chi connectivity index (χ2n) is 21.9. The highest BCUT2D eigenvalue weighted by molar-refractivity contribution is 7.86. The molecule has 7 N–H and O–H groups in total. The van der Waals surface area contributed by atoms with E-state index in [0.29, 0.717) is 76.0 Å². The molecule has 2 aromatic heterocycles. The van der Waals surface area contributed by atoms with Gasteiger partial charge < -0.3 is 50.6 Å². The van der Waals surface area contributed by atoms with E-state index in [9.17, 15) is 42.0 Å². The van der Waals surface area contributed by atoms with E-state index < -0.39 is 22.4 Å². The van der Waals surface area contributed by atoms with Crippen LogP contribution in [-0.4, -0.2) is 211 Å². The molecule has 26 nitrogen and oxygen atoms in total. The lowest BCUT2D eigenvalue weighted by atomic mass is 10.1. The monoisotopic (exact) mass is 1110 g/mol. The van der Waals surface area contributed by atoms with Gasteiger partial charge >= 0.3 is 0 Å². The van der Waals surface area contributed by atoms with Gasteiger partial charge in [0, 0.05) is 108 Å². The number of nitrogens with one attached hydrogen (secondary N) is 5. The Morgan fingerprint density at radius 1 is 0.597 bits per heavy atom. The standard InChI is InChI=1S/C11H18N2O2.2C10H18N2O3.C9H19N3O3S.C5H9N3.C5H8N2O/c1-7(2)10(14)12-9-5-13(6-9)11(15)8-3-4-8;2*1-6(2)9(14)11-8-4-12(5-8)10(15)7(3)13;1-7(2)9(13)10-8-5-12(6-8)16(14,15)11(3)4;1-4(2)5-6-3-7-8-5;1-4(2)5-7-6-3-8-5/h7-9H,3-6H2,1-2H3,(H,12,14);2*6-8,13H,4-5H2,1-3H3,(H,11,14);7-8H,5-6H2,1-4H3,(H,10,13);3-4H,1-2H3,(H,6,7,8);3-4H,1-2H3/t;2*7-;;;/m.10.../s1. The number of carbonyl (C=O) groups excluding carboxylic acids is 7. The summed E-state index contributed by atoms with van der Waals surface area (Å²) in [7, 11) is -0.323. The van der Waals surface area contributed by atoms with Crippen LogP contribution >= 0.6 is 0 Å². The molecule has 27 heteroatoms. The molecule has 2 aromatic rings. The number of hydrogen-bond acceptors (Lipinski definition) is 16. The topological polar surface area (TPSA) is 339 Å². The molecule has 4 aliphatic heterocycles. The van der Waals surface area contributed by atoms with Crippen molar-refractivity contribution in [1.29, 1.82) is 0 Å². The van der Waals surface area contributed by atoms with Gasteiger partial charge in [0.25, 0.3) is 22.0 Å². The molecule has 2 atom stereocenters. The lowest BCUT2D eigenvalue weighted by Crippen LogP contribution is -2.63. The lowest BCUT2D eigenvalue weighted by Gasteiger charge is -2.40. The van der Waals surface area contributed by atoms with Crippen LogP contribution in [-0.2, 0) is 43.8 Å². The van der Waals surface area contributed by atoms with Crippen LogP contribution in [0.5, 0.6) is 0 Å². The molecular formula is C50H90N14O12S. The highest BCUT2D eigenvalue weighted by Gasteiger charge is 2.40. The first kappa shape index (κ1) is 67.5. The second-order valence-corrected chi connectivity index (χ2v) is 24.0. The van der Waals surface area contributed by atoms with Gasteiger partial charge in [-0.15, -0.1) is 10.2 Å². The van der Waals surface area contributed by atoms with Crippen LogP contribution in [0.25, 0.3) is 0 Å². The number of rotatable bonds is 15. The predicted molar refractivity (Wildman–Crippen MR) is 286 cm³/mol. The first-order valence-electron chi connectivity index (χ1n) is 26.5. The van der Waals surface area contributed by atoms with Crippen LogP contribution in [0.3, 0.4) is 0 Å². The molecule has 0 aromatic carbocycles. The van der Waals surface area contributed by atoms with Crippen LogP contribution in [0.4, 0.5) is 0 Å². The summed E-state index contributed by atoms with van der Waals surface area (Å²) in [6, 6.07) is 0.220. The first-order valence-corrected chi connectivity index (χ1v) is 27.9. The van der Waals surface area contributed by atoms with Crippen molar-refractivity contribution in [1.82, 2.24) is 70.0 Å². The highest BCUT2D eigenvalue weighted by atomic mass is 32.2. The van der Waals surface area contributed by atoms with Crippen molar-refractivity contribution in [2.24, 2.45) is 29.6 Å². The Balaban J connectivity index is 0.000000321. The fraction of sp³-hybridized carbons (Fsp3) is 0.780. The van der Waals surface area contributed by atoms with Crippen molar-refractivity contribution in [2.75, 3.05) is 66.5 Å². The number of carbonyl (C=O) groups is 7. The lowest BCUT2D eigenvalue weighted by molar-refractivity contribution is -0.145. The minimum absolute atomic E-state index is 0.00384. The van der Waals surface area contributed by atoms with Gasteiger partial charge in [-0.05, 0) is 26.7 Å². The number of aromatic nitrogens is 5. The summed E-state index contributed by atoms with van der Waals surface area (Å²) in [5, 5.41) is 43.1. The summed E-state index contributed by atoms with van der Waals surface area (Å²) in [6.45, 7) is 29.9. The molecule has 0 bridgehead atoms. The number of amides is 7. The van der Waals surface area contributed by atoms with Gasteiger partial charge in [-0.3, -0.25) is 38.7 Å². The molecule has 5 aliphatic rings. The number of aliphatic hydroxyl groups excluding tert-OH is 2. The van der Waals surface area contributed by atoms with Crippen LogP contribution in [0, 0.1) is 29.6 Å². The smallest absolute Gasteiger partial charge is 0.281 e. The van der Waals surface area contributed by atoms with E-state index in [2.05, 4.69) is 60.5 Å². The molecule has 438 valence electrons. The van der Waals surface area contributed by atoms with Gasteiger partial charge in [-0.25, -0.2) is 4.98 Å². The van der Waals surface area contributed by atoms with Crippen molar-refractivity contribution in [3.63, 3.8) is 0 Å². The predicted octanol–water partition coefficient (Wildman–Crippen LogP) is 0.450. The van der Waals surface area contributed by atoms with Gasteiger partial charge in [0.15, 0.2) is 0 Å². The Morgan fingerprint density at radius 3 is 1.19 bits per heavy atom. The Labute approximate surface area is 455 Å². The Morgan fingerprint density at radius 2 is 0.961 bits per heavy atom. The van der Waals surface area contributed by atoms with Crippen LogP contribution in [0.1, 0.15) is 133 Å². The number of likely N-dealkylation sites (tertiary alicyclic amines) is 3. The van der Waals surface area contributed by atoms with Gasteiger partial charge in [0.05, 0.1) is 24.2 Å². The fourth-order valence-corrected chi connectivity index (χ4v) is 7.91. The fourth-order valence-electron chi connectivity index (χ4n) is 6.71. The van der Waals surface area contributed by atoms with E-state index in [-0.39, 0.29) is 89.2 Å². The van der Waals surface area contributed by atoms with Gasteiger partial charge in [0.2, 0.25) is 41.8 Å². The summed E-state index contributed by atoms with van der Waals surface area (Å²) >= 11 is 0. The van der Waals surface area contributed by atoms with Crippen molar-refractivity contribution >= 4 is 51.6 Å².